The third-order valence-electron chi connectivity index (χ3n) is 4.52. The summed E-state index contributed by atoms with van der Waals surface area (Å²) < 4.78 is 14.4. The minimum atomic E-state index is -0.414. The second kappa shape index (κ2) is 6.54. The zero-order valence-corrected chi connectivity index (χ0v) is 14.5. The molecule has 1 fully saturated rings. The van der Waals surface area contributed by atoms with Gasteiger partial charge in [-0.1, -0.05) is 11.6 Å². The highest BCUT2D eigenvalue weighted by Crippen LogP contribution is 2.33. The van der Waals surface area contributed by atoms with Gasteiger partial charge in [-0.2, -0.15) is 0 Å². The lowest BCUT2D eigenvalue weighted by Crippen LogP contribution is -2.50. The Hall–Kier alpha value is -2.31. The fourth-order valence-electron chi connectivity index (χ4n) is 3.23. The molecule has 0 spiro atoms. The highest BCUT2D eigenvalue weighted by Gasteiger charge is 2.23. The number of aromatic nitrogens is 3. The lowest BCUT2D eigenvalue weighted by Gasteiger charge is -2.35. The summed E-state index contributed by atoms with van der Waals surface area (Å²) in [6, 6.07) is 6.72. The zero-order chi connectivity index (χ0) is 17.4. The molecule has 1 aliphatic rings. The molecule has 0 bridgehead atoms. The maximum atomic E-state index is 14.4. The van der Waals surface area contributed by atoms with Crippen LogP contribution in [-0.4, -0.2) is 40.9 Å². The van der Waals surface area contributed by atoms with Gasteiger partial charge in [0.25, 0.3) is 0 Å². The van der Waals surface area contributed by atoms with Gasteiger partial charge in [-0.3, -0.25) is 4.98 Å². The summed E-state index contributed by atoms with van der Waals surface area (Å²) in [6.07, 6.45) is 3.46. The molecule has 0 saturated carbocycles. The van der Waals surface area contributed by atoms with E-state index < -0.39 is 5.82 Å². The van der Waals surface area contributed by atoms with Gasteiger partial charge in [-0.25, -0.2) is 4.39 Å². The largest absolute Gasteiger partial charge is 0.349 e. The Balaban J connectivity index is 1.90. The molecule has 3 aromatic rings. The van der Waals surface area contributed by atoms with E-state index >= 15 is 0 Å². The Morgan fingerprint density at radius 1 is 1.24 bits per heavy atom. The first-order valence-electron chi connectivity index (χ1n) is 8.18. The van der Waals surface area contributed by atoms with Crippen molar-refractivity contribution >= 4 is 28.2 Å². The third kappa shape index (κ3) is 2.92. The van der Waals surface area contributed by atoms with Gasteiger partial charge in [0.1, 0.15) is 11.5 Å². The van der Waals surface area contributed by atoms with Crippen LogP contribution in [0.5, 0.6) is 0 Å². The van der Waals surface area contributed by atoms with Crippen molar-refractivity contribution < 1.29 is 4.39 Å². The van der Waals surface area contributed by atoms with Crippen molar-refractivity contribution in [1.29, 1.82) is 0 Å². The topological polar surface area (TPSA) is 53.9 Å². The van der Waals surface area contributed by atoms with Crippen LogP contribution in [0.1, 0.15) is 6.92 Å². The minimum Gasteiger partial charge on any atom is -0.349 e. The summed E-state index contributed by atoms with van der Waals surface area (Å²) in [5, 5.41) is 14.2. The molecule has 0 radical (unpaired) electrons. The fraction of sp³-hybridized carbons (Fsp3) is 0.278. The quantitative estimate of drug-likeness (QED) is 0.762. The molecule has 0 aliphatic carbocycles. The van der Waals surface area contributed by atoms with Crippen molar-refractivity contribution in [2.45, 2.75) is 13.0 Å². The number of hydrogen-bond acceptors (Lipinski definition) is 5. The average Bonchev–Trinajstić information content (AvgIpc) is 2.62. The molecule has 1 atom stereocenters. The van der Waals surface area contributed by atoms with Gasteiger partial charge in [0.05, 0.1) is 0 Å². The zero-order valence-electron chi connectivity index (χ0n) is 13.7. The monoisotopic (exact) mass is 357 g/mol. The Bertz CT molecular complexity index is 932. The first kappa shape index (κ1) is 16.2. The van der Waals surface area contributed by atoms with Crippen molar-refractivity contribution in [2.75, 3.05) is 24.5 Å². The molecule has 5 nitrogen and oxygen atoms in total. The molecule has 2 aromatic heterocycles. The number of anilines is 1. The molecule has 0 unspecified atom stereocenters. The standard InChI is InChI=1S/C18H17ClFN5/c1-11-9-22-6-7-25(11)18-15-10-21-5-4-13(15)17(23-24-18)14-3-2-12(19)8-16(14)20/h2-5,8,10-11,22H,6-7,9H2,1H3/t11-/m1/s1. The fourth-order valence-corrected chi connectivity index (χ4v) is 3.39. The van der Waals surface area contributed by atoms with Crippen LogP contribution in [0.2, 0.25) is 5.02 Å². The van der Waals surface area contributed by atoms with Crippen molar-refractivity contribution in [3.8, 4) is 11.3 Å². The van der Waals surface area contributed by atoms with Crippen molar-refractivity contribution in [2.24, 2.45) is 0 Å². The van der Waals surface area contributed by atoms with Crippen molar-refractivity contribution in [1.82, 2.24) is 20.5 Å². The Morgan fingerprint density at radius 2 is 2.12 bits per heavy atom. The summed E-state index contributed by atoms with van der Waals surface area (Å²) in [5.41, 5.74) is 0.881. The Morgan fingerprint density at radius 3 is 2.92 bits per heavy atom. The lowest BCUT2D eigenvalue weighted by atomic mass is 10.0. The van der Waals surface area contributed by atoms with E-state index in [1.54, 1.807) is 24.5 Å². The van der Waals surface area contributed by atoms with Gasteiger partial charge in [0, 0.05) is 59.4 Å². The second-order valence-electron chi connectivity index (χ2n) is 6.16. The summed E-state index contributed by atoms with van der Waals surface area (Å²) in [5.74, 6) is 0.374. The first-order valence-corrected chi connectivity index (χ1v) is 8.56. The number of benzene rings is 1. The summed E-state index contributed by atoms with van der Waals surface area (Å²) in [6.45, 7) is 4.76. The number of piperazine rings is 1. The van der Waals surface area contributed by atoms with Gasteiger partial charge >= 0.3 is 0 Å². The molecule has 128 valence electrons. The molecule has 3 heterocycles. The molecule has 25 heavy (non-hydrogen) atoms. The molecular formula is C18H17ClFN5. The number of fused-ring (bicyclic) bond motifs is 1. The van der Waals surface area contributed by atoms with E-state index in [9.17, 15) is 4.39 Å². The number of nitrogens with zero attached hydrogens (tertiary/aromatic N) is 4. The number of pyridine rings is 1. The van der Waals surface area contributed by atoms with Crippen LogP contribution in [-0.2, 0) is 0 Å². The molecule has 4 rings (SSSR count). The first-order chi connectivity index (χ1) is 12.1. The molecule has 1 aromatic carbocycles. The van der Waals surface area contributed by atoms with E-state index in [0.717, 1.165) is 36.2 Å². The molecule has 1 aliphatic heterocycles. The van der Waals surface area contributed by atoms with Crippen LogP contribution in [0.4, 0.5) is 10.2 Å². The van der Waals surface area contributed by atoms with E-state index in [1.807, 2.05) is 6.07 Å². The smallest absolute Gasteiger partial charge is 0.161 e. The molecular weight excluding hydrogens is 341 g/mol. The summed E-state index contributed by atoms with van der Waals surface area (Å²) in [4.78, 5) is 6.46. The van der Waals surface area contributed by atoms with Crippen molar-refractivity contribution in [3.05, 3.63) is 47.5 Å². The number of hydrogen-bond donors (Lipinski definition) is 1. The Kier molecular flexibility index (Phi) is 4.23. The summed E-state index contributed by atoms with van der Waals surface area (Å²) in [7, 11) is 0. The minimum absolute atomic E-state index is 0.296. The number of nitrogens with one attached hydrogen (secondary N) is 1. The van der Waals surface area contributed by atoms with Crippen LogP contribution in [0.25, 0.3) is 22.0 Å². The van der Waals surface area contributed by atoms with Gasteiger partial charge in [-0.05, 0) is 31.2 Å². The van der Waals surface area contributed by atoms with E-state index in [2.05, 4.69) is 32.3 Å². The van der Waals surface area contributed by atoms with E-state index in [0.29, 0.717) is 22.3 Å². The van der Waals surface area contributed by atoms with Gasteiger partial charge in [0.15, 0.2) is 5.82 Å². The number of halogens is 2. The van der Waals surface area contributed by atoms with Gasteiger partial charge in [0.2, 0.25) is 0 Å². The maximum absolute atomic E-state index is 14.4. The van der Waals surface area contributed by atoms with Gasteiger partial charge < -0.3 is 10.2 Å². The number of rotatable bonds is 2. The van der Waals surface area contributed by atoms with Crippen LogP contribution >= 0.6 is 11.6 Å². The highest BCUT2D eigenvalue weighted by atomic mass is 35.5. The lowest BCUT2D eigenvalue weighted by molar-refractivity contribution is 0.497. The maximum Gasteiger partial charge on any atom is 0.161 e. The normalized spacial score (nSPS) is 17.9. The van der Waals surface area contributed by atoms with E-state index in [-0.39, 0.29) is 0 Å². The highest BCUT2D eigenvalue weighted by molar-refractivity contribution is 6.30. The predicted octanol–water partition coefficient (Wildman–Crippen LogP) is 3.28. The molecule has 0 amide bonds. The van der Waals surface area contributed by atoms with Crippen LogP contribution in [0.3, 0.4) is 0 Å². The van der Waals surface area contributed by atoms with E-state index in [1.165, 1.54) is 6.07 Å². The average molecular weight is 358 g/mol. The van der Waals surface area contributed by atoms with Crippen LogP contribution in [0.15, 0.2) is 36.7 Å². The predicted molar refractivity (Wildman–Crippen MR) is 97.4 cm³/mol. The second-order valence-corrected chi connectivity index (χ2v) is 6.60. The SMILES string of the molecule is C[C@@H]1CNCCN1c1nnc(-c2ccc(Cl)cc2F)c2ccncc12. The van der Waals surface area contributed by atoms with Crippen molar-refractivity contribution in [3.63, 3.8) is 0 Å². The summed E-state index contributed by atoms with van der Waals surface area (Å²) >= 11 is 5.87. The van der Waals surface area contributed by atoms with E-state index in [4.69, 9.17) is 11.6 Å². The third-order valence-corrected chi connectivity index (χ3v) is 4.76. The molecule has 1 saturated heterocycles. The Labute approximate surface area is 149 Å². The van der Waals surface area contributed by atoms with Crippen LogP contribution in [0, 0.1) is 5.82 Å². The van der Waals surface area contributed by atoms with Crippen LogP contribution < -0.4 is 10.2 Å². The molecule has 1 N–H and O–H groups in total. The molecule has 7 heteroatoms. The van der Waals surface area contributed by atoms with Gasteiger partial charge in [-0.15, -0.1) is 10.2 Å².